The van der Waals surface area contributed by atoms with Crippen molar-refractivity contribution in [3.63, 3.8) is 0 Å². The van der Waals surface area contributed by atoms with Crippen LogP contribution >= 0.6 is 0 Å². The monoisotopic (exact) mass is 425 g/mol. The zero-order chi connectivity index (χ0) is 21.3. The van der Waals surface area contributed by atoms with E-state index in [9.17, 15) is 13.2 Å². The van der Waals surface area contributed by atoms with Crippen molar-refractivity contribution in [1.29, 1.82) is 0 Å². The molecule has 0 aliphatic carbocycles. The minimum atomic E-state index is -3.09. The number of anilines is 1. The number of methoxy groups -OCH3 is 1. The molecule has 1 saturated heterocycles. The van der Waals surface area contributed by atoms with Gasteiger partial charge < -0.3 is 10.1 Å². The first-order chi connectivity index (χ1) is 14.3. The number of amides is 1. The van der Waals surface area contributed by atoms with Crippen LogP contribution in [0.5, 0.6) is 5.75 Å². The maximum Gasteiger partial charge on any atom is 0.276 e. The van der Waals surface area contributed by atoms with Gasteiger partial charge in [0.15, 0.2) is 15.5 Å². The van der Waals surface area contributed by atoms with Crippen molar-refractivity contribution < 1.29 is 17.9 Å². The van der Waals surface area contributed by atoms with Gasteiger partial charge in [-0.3, -0.25) is 9.48 Å². The first kappa shape index (κ1) is 20.2. The van der Waals surface area contributed by atoms with E-state index in [-0.39, 0.29) is 29.1 Å². The molecule has 1 atom stereocenters. The molecule has 1 fully saturated rings. The molecule has 1 aliphatic heterocycles. The molecule has 1 N–H and O–H groups in total. The second-order valence-corrected chi connectivity index (χ2v) is 9.70. The van der Waals surface area contributed by atoms with Crippen molar-refractivity contribution in [2.75, 3.05) is 23.9 Å². The summed E-state index contributed by atoms with van der Waals surface area (Å²) in [5, 5.41) is 7.33. The van der Waals surface area contributed by atoms with Crippen LogP contribution in [0.4, 0.5) is 5.69 Å². The Kier molecular flexibility index (Phi) is 5.34. The molecule has 1 unspecified atom stereocenters. The number of hydrogen-bond acceptors (Lipinski definition) is 5. The molecule has 1 aromatic heterocycles. The fraction of sp³-hybridized carbons (Fsp3) is 0.273. The van der Waals surface area contributed by atoms with Crippen LogP contribution in [0.3, 0.4) is 0 Å². The third-order valence-corrected chi connectivity index (χ3v) is 6.95. The molecule has 1 amide bonds. The lowest BCUT2D eigenvalue weighted by Gasteiger charge is -2.13. The lowest BCUT2D eigenvalue weighted by Crippen LogP contribution is -2.16. The third kappa shape index (κ3) is 4.23. The smallest absolute Gasteiger partial charge is 0.276 e. The van der Waals surface area contributed by atoms with Gasteiger partial charge in [0.1, 0.15) is 5.75 Å². The van der Waals surface area contributed by atoms with Crippen LogP contribution in [-0.4, -0.2) is 42.7 Å². The summed E-state index contributed by atoms with van der Waals surface area (Å²) in [5.41, 5.74) is 3.56. The van der Waals surface area contributed by atoms with Gasteiger partial charge >= 0.3 is 0 Å². The number of aryl methyl sites for hydroxylation is 1. The van der Waals surface area contributed by atoms with E-state index in [2.05, 4.69) is 10.4 Å². The number of sulfone groups is 1. The molecular formula is C22H23N3O4S. The van der Waals surface area contributed by atoms with Crippen molar-refractivity contribution >= 4 is 21.4 Å². The molecule has 30 heavy (non-hydrogen) atoms. The zero-order valence-electron chi connectivity index (χ0n) is 16.8. The van der Waals surface area contributed by atoms with E-state index < -0.39 is 9.84 Å². The number of benzene rings is 2. The van der Waals surface area contributed by atoms with Crippen molar-refractivity contribution in [2.45, 2.75) is 19.4 Å². The molecule has 8 heteroatoms. The summed E-state index contributed by atoms with van der Waals surface area (Å²) in [4.78, 5) is 12.9. The average molecular weight is 426 g/mol. The van der Waals surface area contributed by atoms with Crippen LogP contribution in [0.25, 0.3) is 11.3 Å². The lowest BCUT2D eigenvalue weighted by atomic mass is 10.1. The largest absolute Gasteiger partial charge is 0.497 e. The normalized spacial score (nSPS) is 17.6. The quantitative estimate of drug-likeness (QED) is 0.676. The first-order valence-corrected chi connectivity index (χ1v) is 11.5. The Morgan fingerprint density at radius 2 is 1.93 bits per heavy atom. The van der Waals surface area contributed by atoms with Crippen molar-refractivity contribution in [2.24, 2.45) is 0 Å². The van der Waals surface area contributed by atoms with Crippen molar-refractivity contribution in [3.05, 3.63) is 65.9 Å². The fourth-order valence-corrected chi connectivity index (χ4v) is 5.28. The van der Waals surface area contributed by atoms with E-state index in [4.69, 9.17) is 4.74 Å². The van der Waals surface area contributed by atoms with Crippen molar-refractivity contribution in [1.82, 2.24) is 9.78 Å². The number of rotatable bonds is 5. The standard InChI is InChI=1S/C22H23N3O4S/c1-15-6-8-16(9-7-15)21-13-20(24-25(21)18-10-11-30(27,28)14-18)22(26)23-17-4-3-5-19(12-17)29-2/h3-9,12-13,18H,10-11,14H2,1-2H3,(H,23,26). The van der Waals surface area contributed by atoms with E-state index in [1.54, 1.807) is 42.1 Å². The van der Waals surface area contributed by atoms with Crippen LogP contribution in [0, 0.1) is 6.92 Å². The molecule has 0 bridgehead atoms. The molecular weight excluding hydrogens is 402 g/mol. The number of nitrogens with zero attached hydrogens (tertiary/aromatic N) is 2. The highest BCUT2D eigenvalue weighted by molar-refractivity contribution is 7.91. The number of hydrogen-bond donors (Lipinski definition) is 1. The van der Waals surface area contributed by atoms with Crippen LogP contribution < -0.4 is 10.1 Å². The topological polar surface area (TPSA) is 90.3 Å². The van der Waals surface area contributed by atoms with E-state index in [1.807, 2.05) is 31.2 Å². The second-order valence-electron chi connectivity index (χ2n) is 7.47. The maximum absolute atomic E-state index is 12.9. The summed E-state index contributed by atoms with van der Waals surface area (Å²) >= 11 is 0. The Balaban J connectivity index is 1.69. The van der Waals surface area contributed by atoms with Gasteiger partial charge in [-0.15, -0.1) is 0 Å². The molecule has 4 rings (SSSR count). The van der Waals surface area contributed by atoms with Gasteiger partial charge in [0.05, 0.1) is 30.4 Å². The number of nitrogens with one attached hydrogen (secondary N) is 1. The molecule has 2 aromatic carbocycles. The highest BCUT2D eigenvalue weighted by Crippen LogP contribution is 2.30. The molecule has 1 aliphatic rings. The van der Waals surface area contributed by atoms with Gasteiger partial charge in [0.25, 0.3) is 5.91 Å². The second kappa shape index (κ2) is 7.95. The Bertz CT molecular complexity index is 1180. The summed E-state index contributed by atoms with van der Waals surface area (Å²) in [6.45, 7) is 2.00. The van der Waals surface area contributed by atoms with Gasteiger partial charge in [0.2, 0.25) is 0 Å². The predicted molar refractivity (Wildman–Crippen MR) is 116 cm³/mol. The van der Waals surface area contributed by atoms with Gasteiger partial charge in [-0.05, 0) is 37.1 Å². The molecule has 0 spiro atoms. The number of ether oxygens (including phenoxy) is 1. The van der Waals surface area contributed by atoms with E-state index in [0.717, 1.165) is 16.8 Å². The number of carbonyl (C=O) groups excluding carboxylic acids is 1. The zero-order valence-corrected chi connectivity index (χ0v) is 17.6. The summed E-state index contributed by atoms with van der Waals surface area (Å²) in [6.07, 6.45) is 0.486. The minimum Gasteiger partial charge on any atom is -0.497 e. The average Bonchev–Trinajstić information content (AvgIpc) is 3.32. The highest BCUT2D eigenvalue weighted by atomic mass is 32.2. The van der Waals surface area contributed by atoms with E-state index in [1.165, 1.54) is 0 Å². The maximum atomic E-state index is 12.9. The Morgan fingerprint density at radius 3 is 2.60 bits per heavy atom. The SMILES string of the molecule is COc1cccc(NC(=O)c2cc(-c3ccc(C)cc3)n(C3CCS(=O)(=O)C3)n2)c1. The van der Waals surface area contributed by atoms with Gasteiger partial charge in [-0.25, -0.2) is 8.42 Å². The number of aromatic nitrogens is 2. The van der Waals surface area contributed by atoms with E-state index in [0.29, 0.717) is 17.9 Å². The van der Waals surface area contributed by atoms with Crippen LogP contribution in [0.15, 0.2) is 54.6 Å². The van der Waals surface area contributed by atoms with Gasteiger partial charge in [-0.1, -0.05) is 35.9 Å². The fourth-order valence-electron chi connectivity index (χ4n) is 3.59. The summed E-state index contributed by atoms with van der Waals surface area (Å²) in [7, 11) is -1.53. The summed E-state index contributed by atoms with van der Waals surface area (Å²) in [6, 6.07) is 16.4. The molecule has 0 radical (unpaired) electrons. The number of carbonyl (C=O) groups is 1. The molecule has 156 valence electrons. The third-order valence-electron chi connectivity index (χ3n) is 5.20. The van der Waals surface area contributed by atoms with Crippen molar-refractivity contribution in [3.8, 4) is 17.0 Å². The Morgan fingerprint density at radius 1 is 1.17 bits per heavy atom. The van der Waals surface area contributed by atoms with Gasteiger partial charge in [-0.2, -0.15) is 5.10 Å². The summed E-state index contributed by atoms with van der Waals surface area (Å²) < 4.78 is 30.9. The Hall–Kier alpha value is -3.13. The summed E-state index contributed by atoms with van der Waals surface area (Å²) in [5.74, 6) is 0.437. The highest BCUT2D eigenvalue weighted by Gasteiger charge is 2.32. The molecule has 3 aromatic rings. The molecule has 0 saturated carbocycles. The van der Waals surface area contributed by atoms with Crippen LogP contribution in [-0.2, 0) is 9.84 Å². The lowest BCUT2D eigenvalue weighted by molar-refractivity contribution is 0.102. The first-order valence-electron chi connectivity index (χ1n) is 9.67. The van der Waals surface area contributed by atoms with Gasteiger partial charge in [0, 0.05) is 11.8 Å². The predicted octanol–water partition coefficient (Wildman–Crippen LogP) is 3.48. The van der Waals surface area contributed by atoms with E-state index >= 15 is 0 Å². The molecule has 7 nitrogen and oxygen atoms in total. The Labute approximate surface area is 175 Å². The minimum absolute atomic E-state index is 0.0322. The van der Waals surface area contributed by atoms with Crippen LogP contribution in [0.1, 0.15) is 28.5 Å². The van der Waals surface area contributed by atoms with Crippen LogP contribution in [0.2, 0.25) is 0 Å². The molecule has 2 heterocycles.